The highest BCUT2D eigenvalue weighted by Gasteiger charge is 2.10. The predicted octanol–water partition coefficient (Wildman–Crippen LogP) is 3.71. The average molecular weight is 365 g/mol. The summed E-state index contributed by atoms with van der Waals surface area (Å²) in [6.07, 6.45) is 2.61. The molecule has 0 aliphatic rings. The Balaban J connectivity index is 1.58. The molecule has 0 aliphatic carbocycles. The Morgan fingerprint density at radius 3 is 2.81 bits per heavy atom. The van der Waals surface area contributed by atoms with Crippen molar-refractivity contribution in [2.75, 3.05) is 0 Å². The predicted molar refractivity (Wildman–Crippen MR) is 96.4 cm³/mol. The van der Waals surface area contributed by atoms with Gasteiger partial charge in [-0.1, -0.05) is 29.8 Å². The number of benzene rings is 2. The minimum Gasteiger partial charge on any atom is -0.452 e. The number of aryl methyl sites for hydroxylation is 1. The standard InChI is InChI=1S/C19H15N3O5/c1-13-4-2-6-15(10-13)19-21-20-17(27-19)12-26-18(23)9-8-14-5-3-7-16(11-14)22(24)25/h2-11H,12H2,1H3/b9-8+. The Kier molecular flexibility index (Phi) is 5.36. The first-order valence-corrected chi connectivity index (χ1v) is 8.00. The quantitative estimate of drug-likeness (QED) is 0.283. The summed E-state index contributed by atoms with van der Waals surface area (Å²) in [5, 5.41) is 18.5. The molecule has 0 fully saturated rings. The molecule has 0 amide bonds. The van der Waals surface area contributed by atoms with Crippen molar-refractivity contribution >= 4 is 17.7 Å². The lowest BCUT2D eigenvalue weighted by molar-refractivity contribution is -0.384. The third-order valence-corrected chi connectivity index (χ3v) is 3.56. The maximum absolute atomic E-state index is 11.8. The molecule has 27 heavy (non-hydrogen) atoms. The summed E-state index contributed by atoms with van der Waals surface area (Å²) in [5.74, 6) is -0.114. The largest absolute Gasteiger partial charge is 0.452 e. The van der Waals surface area contributed by atoms with Gasteiger partial charge in [0.15, 0.2) is 6.61 Å². The molecule has 3 rings (SSSR count). The van der Waals surface area contributed by atoms with E-state index in [4.69, 9.17) is 9.15 Å². The first kappa shape index (κ1) is 18.0. The number of carbonyl (C=O) groups is 1. The minimum absolute atomic E-state index is 0.0555. The number of nitrogens with zero attached hydrogens (tertiary/aromatic N) is 3. The lowest BCUT2D eigenvalue weighted by Gasteiger charge is -1.98. The molecule has 0 bridgehead atoms. The molecule has 3 aromatic rings. The van der Waals surface area contributed by atoms with Gasteiger partial charge in [0.1, 0.15) is 0 Å². The zero-order chi connectivity index (χ0) is 19.2. The molecule has 0 radical (unpaired) electrons. The monoisotopic (exact) mass is 365 g/mol. The molecule has 1 aromatic heterocycles. The van der Waals surface area contributed by atoms with Gasteiger partial charge in [-0.25, -0.2) is 4.79 Å². The van der Waals surface area contributed by atoms with Crippen LogP contribution in [0.3, 0.4) is 0 Å². The minimum atomic E-state index is -0.628. The van der Waals surface area contributed by atoms with E-state index in [9.17, 15) is 14.9 Å². The van der Waals surface area contributed by atoms with Crippen LogP contribution < -0.4 is 0 Å². The van der Waals surface area contributed by atoms with Crippen molar-refractivity contribution in [3.8, 4) is 11.5 Å². The molecule has 2 aromatic carbocycles. The van der Waals surface area contributed by atoms with E-state index in [1.54, 1.807) is 6.07 Å². The molecular formula is C19H15N3O5. The Bertz CT molecular complexity index is 1010. The molecule has 1 heterocycles. The van der Waals surface area contributed by atoms with Crippen LogP contribution in [0.2, 0.25) is 0 Å². The van der Waals surface area contributed by atoms with E-state index in [2.05, 4.69) is 10.2 Å². The molecule has 0 spiro atoms. The summed E-state index contributed by atoms with van der Waals surface area (Å²) >= 11 is 0. The van der Waals surface area contributed by atoms with E-state index < -0.39 is 10.9 Å². The van der Waals surface area contributed by atoms with Gasteiger partial charge in [-0.3, -0.25) is 10.1 Å². The summed E-state index contributed by atoms with van der Waals surface area (Å²) in [4.78, 5) is 22.0. The Hall–Kier alpha value is -3.81. The molecule has 8 heteroatoms. The van der Waals surface area contributed by atoms with E-state index in [-0.39, 0.29) is 18.2 Å². The van der Waals surface area contributed by atoms with E-state index in [0.29, 0.717) is 11.5 Å². The normalized spacial score (nSPS) is 10.9. The number of hydrogen-bond donors (Lipinski definition) is 0. The maximum Gasteiger partial charge on any atom is 0.331 e. The SMILES string of the molecule is Cc1cccc(-c2nnc(COC(=O)/C=C/c3cccc([N+](=O)[O-])c3)o2)c1. The number of rotatable bonds is 6. The Morgan fingerprint density at radius 1 is 1.22 bits per heavy atom. The Labute approximate surface area is 154 Å². The molecule has 0 atom stereocenters. The van der Waals surface area contributed by atoms with Gasteiger partial charge in [-0.15, -0.1) is 10.2 Å². The lowest BCUT2D eigenvalue weighted by Crippen LogP contribution is -2.01. The van der Waals surface area contributed by atoms with E-state index in [1.807, 2.05) is 31.2 Å². The van der Waals surface area contributed by atoms with Crippen LogP contribution in [-0.2, 0) is 16.1 Å². The van der Waals surface area contributed by atoms with E-state index in [0.717, 1.165) is 11.1 Å². The second-order valence-corrected chi connectivity index (χ2v) is 5.66. The van der Waals surface area contributed by atoms with Crippen LogP contribution in [0.1, 0.15) is 17.0 Å². The smallest absolute Gasteiger partial charge is 0.331 e. The van der Waals surface area contributed by atoms with Crippen LogP contribution in [-0.4, -0.2) is 21.1 Å². The summed E-state index contributed by atoms with van der Waals surface area (Å²) in [7, 11) is 0. The van der Waals surface area contributed by atoms with Crippen molar-refractivity contribution < 1.29 is 18.9 Å². The zero-order valence-corrected chi connectivity index (χ0v) is 14.4. The third kappa shape index (κ3) is 4.85. The van der Waals surface area contributed by atoms with Crippen molar-refractivity contribution in [1.29, 1.82) is 0 Å². The van der Waals surface area contributed by atoms with Crippen LogP contribution in [0.4, 0.5) is 5.69 Å². The van der Waals surface area contributed by atoms with Gasteiger partial charge in [0.25, 0.3) is 11.6 Å². The molecule has 0 N–H and O–H groups in total. The van der Waals surface area contributed by atoms with Crippen LogP contribution in [0, 0.1) is 17.0 Å². The van der Waals surface area contributed by atoms with Gasteiger partial charge < -0.3 is 9.15 Å². The molecule has 0 aliphatic heterocycles. The summed E-state index contributed by atoms with van der Waals surface area (Å²) < 4.78 is 10.5. The molecule has 136 valence electrons. The summed E-state index contributed by atoms with van der Waals surface area (Å²) in [6.45, 7) is 1.78. The first-order chi connectivity index (χ1) is 13.0. The molecule has 0 saturated heterocycles. The highest BCUT2D eigenvalue weighted by atomic mass is 16.6. The highest BCUT2D eigenvalue weighted by molar-refractivity contribution is 5.87. The molecule has 8 nitrogen and oxygen atoms in total. The van der Waals surface area contributed by atoms with Crippen LogP contribution in [0.5, 0.6) is 0 Å². The summed E-state index contributed by atoms with van der Waals surface area (Å²) in [5.41, 5.74) is 2.30. The van der Waals surface area contributed by atoms with Crippen LogP contribution in [0.15, 0.2) is 59.0 Å². The van der Waals surface area contributed by atoms with Crippen molar-refractivity contribution in [3.05, 3.63) is 81.7 Å². The van der Waals surface area contributed by atoms with Gasteiger partial charge in [0, 0.05) is 23.8 Å². The first-order valence-electron chi connectivity index (χ1n) is 8.00. The maximum atomic E-state index is 11.8. The molecular weight excluding hydrogens is 350 g/mol. The molecule has 0 unspecified atom stereocenters. The second-order valence-electron chi connectivity index (χ2n) is 5.66. The van der Waals surface area contributed by atoms with E-state index >= 15 is 0 Å². The Morgan fingerprint density at radius 2 is 2.04 bits per heavy atom. The topological polar surface area (TPSA) is 108 Å². The fourth-order valence-corrected chi connectivity index (χ4v) is 2.29. The highest BCUT2D eigenvalue weighted by Crippen LogP contribution is 2.19. The van der Waals surface area contributed by atoms with Crippen molar-refractivity contribution in [1.82, 2.24) is 10.2 Å². The van der Waals surface area contributed by atoms with Crippen molar-refractivity contribution in [3.63, 3.8) is 0 Å². The van der Waals surface area contributed by atoms with Crippen LogP contribution in [0.25, 0.3) is 17.5 Å². The number of hydrogen-bond acceptors (Lipinski definition) is 7. The fraction of sp³-hybridized carbons (Fsp3) is 0.105. The number of carbonyl (C=O) groups excluding carboxylic acids is 1. The zero-order valence-electron chi connectivity index (χ0n) is 14.4. The number of nitro groups is 1. The second kappa shape index (κ2) is 8.05. The van der Waals surface area contributed by atoms with Gasteiger partial charge in [0.2, 0.25) is 5.89 Å². The van der Waals surface area contributed by atoms with Crippen LogP contribution >= 0.6 is 0 Å². The number of esters is 1. The van der Waals surface area contributed by atoms with Gasteiger partial charge in [0.05, 0.1) is 4.92 Å². The number of aromatic nitrogens is 2. The number of ether oxygens (including phenoxy) is 1. The third-order valence-electron chi connectivity index (χ3n) is 3.56. The van der Waals surface area contributed by atoms with Crippen molar-refractivity contribution in [2.24, 2.45) is 0 Å². The number of non-ortho nitro benzene ring substituents is 1. The van der Waals surface area contributed by atoms with Crippen molar-refractivity contribution in [2.45, 2.75) is 13.5 Å². The van der Waals surface area contributed by atoms with Gasteiger partial charge >= 0.3 is 5.97 Å². The van der Waals surface area contributed by atoms with E-state index in [1.165, 1.54) is 30.4 Å². The lowest BCUT2D eigenvalue weighted by atomic mass is 10.1. The number of nitro benzene ring substituents is 1. The fourth-order valence-electron chi connectivity index (χ4n) is 2.29. The molecule has 0 saturated carbocycles. The average Bonchev–Trinajstić information content (AvgIpc) is 3.14. The van der Waals surface area contributed by atoms with Gasteiger partial charge in [-0.05, 0) is 30.7 Å². The summed E-state index contributed by atoms with van der Waals surface area (Å²) in [6, 6.07) is 13.5. The van der Waals surface area contributed by atoms with Gasteiger partial charge in [-0.2, -0.15) is 0 Å².